The van der Waals surface area contributed by atoms with E-state index in [0.29, 0.717) is 24.0 Å². The van der Waals surface area contributed by atoms with Crippen molar-refractivity contribution in [3.8, 4) is 0 Å². The van der Waals surface area contributed by atoms with Gasteiger partial charge in [0.15, 0.2) is 0 Å². The third kappa shape index (κ3) is 6.96. The van der Waals surface area contributed by atoms with E-state index in [9.17, 15) is 13.2 Å². The molecule has 0 saturated carbocycles. The summed E-state index contributed by atoms with van der Waals surface area (Å²) in [6.45, 7) is 5.02. The van der Waals surface area contributed by atoms with E-state index >= 15 is 0 Å². The second-order valence-electron chi connectivity index (χ2n) is 5.64. The zero-order chi connectivity index (χ0) is 16.0. The van der Waals surface area contributed by atoms with Gasteiger partial charge in [-0.05, 0) is 17.5 Å². The van der Waals surface area contributed by atoms with Crippen molar-refractivity contribution in [1.29, 1.82) is 0 Å². The molecule has 1 rings (SSSR count). The largest absolute Gasteiger partial charge is 0.338 e. The highest BCUT2D eigenvalue weighted by molar-refractivity contribution is 7.90. The van der Waals surface area contributed by atoms with E-state index in [1.807, 2.05) is 32.0 Å². The first-order valence-electron chi connectivity index (χ1n) is 6.88. The molecule has 0 saturated heterocycles. The number of hydrogen-bond donors (Lipinski definition) is 0. The predicted molar refractivity (Wildman–Crippen MR) is 86.0 cm³/mol. The lowest BCUT2D eigenvalue weighted by atomic mass is 10.1. The Balaban J connectivity index is 2.80. The second kappa shape index (κ2) is 7.80. The summed E-state index contributed by atoms with van der Waals surface area (Å²) in [6, 6.07) is 7.37. The monoisotopic (exact) mass is 331 g/mol. The molecule has 0 spiro atoms. The molecule has 0 aromatic heterocycles. The highest BCUT2D eigenvalue weighted by Crippen LogP contribution is 2.18. The highest BCUT2D eigenvalue weighted by atomic mass is 35.5. The van der Waals surface area contributed by atoms with Gasteiger partial charge in [-0.3, -0.25) is 4.79 Å². The maximum atomic E-state index is 12.3. The van der Waals surface area contributed by atoms with Crippen LogP contribution in [0.1, 0.15) is 25.8 Å². The number of nitrogens with zero attached hydrogens (tertiary/aromatic N) is 1. The molecule has 4 nitrogen and oxygen atoms in total. The highest BCUT2D eigenvalue weighted by Gasteiger charge is 2.18. The zero-order valence-corrected chi connectivity index (χ0v) is 14.2. The van der Waals surface area contributed by atoms with Crippen molar-refractivity contribution in [2.45, 2.75) is 26.8 Å². The van der Waals surface area contributed by atoms with E-state index in [2.05, 4.69) is 0 Å². The average Bonchev–Trinajstić information content (AvgIpc) is 2.36. The third-order valence-corrected chi connectivity index (χ3v) is 4.26. The summed E-state index contributed by atoms with van der Waals surface area (Å²) in [6.07, 6.45) is 1.15. The first kappa shape index (κ1) is 18.0. The van der Waals surface area contributed by atoms with Crippen LogP contribution < -0.4 is 0 Å². The summed E-state index contributed by atoms with van der Waals surface area (Å²) in [4.78, 5) is 13.9. The van der Waals surface area contributed by atoms with Crippen LogP contribution in [0.5, 0.6) is 0 Å². The molecule has 1 amide bonds. The fourth-order valence-electron chi connectivity index (χ4n) is 1.96. The Bertz CT molecular complexity index is 584. The predicted octanol–water partition coefficient (Wildman–Crippen LogP) is 2.76. The molecule has 0 aliphatic heterocycles. The fraction of sp³-hybridized carbons (Fsp3) is 0.533. The smallest absolute Gasteiger partial charge is 0.223 e. The molecular formula is C15H22ClNO3S. The molecule has 0 bridgehead atoms. The number of benzene rings is 1. The quantitative estimate of drug-likeness (QED) is 0.772. The van der Waals surface area contributed by atoms with Gasteiger partial charge in [-0.15, -0.1) is 0 Å². The van der Waals surface area contributed by atoms with Gasteiger partial charge in [0.05, 0.1) is 5.75 Å². The summed E-state index contributed by atoms with van der Waals surface area (Å²) in [5.74, 6) is 0.0203. The van der Waals surface area contributed by atoms with Crippen LogP contribution in [0.3, 0.4) is 0 Å². The number of halogens is 1. The molecule has 0 atom stereocenters. The van der Waals surface area contributed by atoms with Crippen LogP contribution in [0.2, 0.25) is 5.02 Å². The van der Waals surface area contributed by atoms with Crippen molar-refractivity contribution in [2.24, 2.45) is 5.92 Å². The molecule has 21 heavy (non-hydrogen) atoms. The minimum absolute atomic E-state index is 0.00993. The summed E-state index contributed by atoms with van der Waals surface area (Å²) >= 11 is 6.13. The molecule has 0 unspecified atom stereocenters. The van der Waals surface area contributed by atoms with E-state index in [4.69, 9.17) is 11.6 Å². The maximum Gasteiger partial charge on any atom is 0.223 e. The molecule has 0 fully saturated rings. The van der Waals surface area contributed by atoms with E-state index < -0.39 is 9.84 Å². The van der Waals surface area contributed by atoms with Crippen LogP contribution in [-0.4, -0.2) is 37.8 Å². The van der Waals surface area contributed by atoms with Gasteiger partial charge in [0.25, 0.3) is 0 Å². The van der Waals surface area contributed by atoms with Crippen molar-refractivity contribution in [1.82, 2.24) is 4.90 Å². The van der Waals surface area contributed by atoms with E-state index in [1.54, 1.807) is 11.0 Å². The zero-order valence-electron chi connectivity index (χ0n) is 12.7. The Kier molecular flexibility index (Phi) is 6.68. The topological polar surface area (TPSA) is 54.5 Å². The normalized spacial score (nSPS) is 11.7. The molecule has 0 heterocycles. The molecular weight excluding hydrogens is 310 g/mol. The van der Waals surface area contributed by atoms with Gasteiger partial charge in [0.1, 0.15) is 9.84 Å². The molecule has 0 aliphatic rings. The van der Waals surface area contributed by atoms with Gasteiger partial charge in [0, 0.05) is 30.8 Å². The van der Waals surface area contributed by atoms with Crippen LogP contribution in [0.15, 0.2) is 24.3 Å². The lowest BCUT2D eigenvalue weighted by Gasteiger charge is -2.25. The molecule has 0 radical (unpaired) electrons. The first-order chi connectivity index (χ1) is 9.69. The maximum absolute atomic E-state index is 12.3. The number of rotatable bonds is 7. The van der Waals surface area contributed by atoms with Crippen LogP contribution in [0.25, 0.3) is 0 Å². The van der Waals surface area contributed by atoms with Crippen molar-refractivity contribution >= 4 is 27.3 Å². The van der Waals surface area contributed by atoms with Crippen molar-refractivity contribution in [2.75, 3.05) is 18.6 Å². The van der Waals surface area contributed by atoms with Crippen LogP contribution >= 0.6 is 11.6 Å². The lowest BCUT2D eigenvalue weighted by molar-refractivity contribution is -0.131. The summed E-state index contributed by atoms with van der Waals surface area (Å²) in [7, 11) is -3.14. The van der Waals surface area contributed by atoms with Crippen molar-refractivity contribution in [3.63, 3.8) is 0 Å². The molecule has 0 N–H and O–H groups in total. The molecule has 1 aromatic rings. The number of sulfone groups is 1. The Hall–Kier alpha value is -1.07. The van der Waals surface area contributed by atoms with E-state index in [-0.39, 0.29) is 18.1 Å². The van der Waals surface area contributed by atoms with Gasteiger partial charge in [-0.25, -0.2) is 8.42 Å². The van der Waals surface area contributed by atoms with Gasteiger partial charge in [-0.2, -0.15) is 0 Å². The number of hydrogen-bond acceptors (Lipinski definition) is 3. The minimum atomic E-state index is -3.14. The number of carbonyl (C=O) groups excluding carboxylic acids is 1. The van der Waals surface area contributed by atoms with Crippen LogP contribution in [0, 0.1) is 5.92 Å². The standard InChI is InChI=1S/C15H22ClNO3S/c1-12(2)10-17(15(18)8-9-21(3,19)20)11-13-6-4-5-7-14(13)16/h4-7,12H,8-11H2,1-3H3. The summed E-state index contributed by atoms with van der Waals surface area (Å²) in [5, 5.41) is 0.613. The lowest BCUT2D eigenvalue weighted by Crippen LogP contribution is -2.34. The van der Waals surface area contributed by atoms with Crippen LogP contribution in [-0.2, 0) is 21.2 Å². The number of amides is 1. The molecule has 0 aliphatic carbocycles. The van der Waals surface area contributed by atoms with Crippen molar-refractivity contribution in [3.05, 3.63) is 34.9 Å². The second-order valence-corrected chi connectivity index (χ2v) is 8.31. The van der Waals surface area contributed by atoms with Crippen LogP contribution in [0.4, 0.5) is 0 Å². The molecule has 6 heteroatoms. The van der Waals surface area contributed by atoms with Gasteiger partial charge in [-0.1, -0.05) is 43.6 Å². The average molecular weight is 332 g/mol. The van der Waals surface area contributed by atoms with E-state index in [0.717, 1.165) is 11.8 Å². The first-order valence-corrected chi connectivity index (χ1v) is 9.32. The Labute approximate surface area is 132 Å². The van der Waals surface area contributed by atoms with Crippen molar-refractivity contribution < 1.29 is 13.2 Å². The minimum Gasteiger partial charge on any atom is -0.338 e. The van der Waals surface area contributed by atoms with Gasteiger partial charge in [0.2, 0.25) is 5.91 Å². The Morgan fingerprint density at radius 2 is 1.90 bits per heavy atom. The molecule has 118 valence electrons. The Morgan fingerprint density at radius 3 is 2.43 bits per heavy atom. The fourth-order valence-corrected chi connectivity index (χ4v) is 2.70. The van der Waals surface area contributed by atoms with E-state index in [1.165, 1.54) is 0 Å². The van der Waals surface area contributed by atoms with Gasteiger partial charge < -0.3 is 4.90 Å². The summed E-state index contributed by atoms with van der Waals surface area (Å²) in [5.41, 5.74) is 0.868. The Morgan fingerprint density at radius 1 is 1.29 bits per heavy atom. The van der Waals surface area contributed by atoms with Gasteiger partial charge >= 0.3 is 0 Å². The third-order valence-electron chi connectivity index (χ3n) is 2.94. The SMILES string of the molecule is CC(C)CN(Cc1ccccc1Cl)C(=O)CCS(C)(=O)=O. The molecule has 1 aromatic carbocycles. The summed E-state index contributed by atoms with van der Waals surface area (Å²) < 4.78 is 22.4. The number of carbonyl (C=O) groups is 1.